The molecule has 0 spiro atoms. The standard InChI is InChI=1S/C18H17ClF7N3S/c1-11(19)8-27-16-28-15(18(24,25)26)14(30-16)10-29(6-5-17(21,22)23)9-12-3-2-4-13(20)7-12/h2-4,7H,1,5-6,8-10H2,(H,27,28). The molecule has 3 nitrogen and oxygen atoms in total. The molecular weight excluding hydrogens is 459 g/mol. The first-order valence-electron chi connectivity index (χ1n) is 8.51. The van der Waals surface area contributed by atoms with E-state index >= 15 is 0 Å². The molecule has 2 aromatic rings. The van der Waals surface area contributed by atoms with E-state index in [1.54, 1.807) is 0 Å². The average molecular weight is 476 g/mol. The Morgan fingerprint density at radius 3 is 2.43 bits per heavy atom. The van der Waals surface area contributed by atoms with Gasteiger partial charge in [-0.1, -0.05) is 30.3 Å². The number of alkyl halides is 6. The molecule has 1 heterocycles. The molecule has 0 saturated heterocycles. The van der Waals surface area contributed by atoms with Crippen molar-refractivity contribution in [3.8, 4) is 0 Å². The molecule has 1 aromatic heterocycles. The van der Waals surface area contributed by atoms with Gasteiger partial charge in [-0.15, -0.1) is 11.3 Å². The normalized spacial score (nSPS) is 12.4. The predicted molar refractivity (Wildman–Crippen MR) is 102 cm³/mol. The van der Waals surface area contributed by atoms with Gasteiger partial charge < -0.3 is 5.32 Å². The second-order valence-electron chi connectivity index (χ2n) is 6.37. The van der Waals surface area contributed by atoms with Crippen LogP contribution in [0.2, 0.25) is 0 Å². The Bertz CT molecular complexity index is 864. The average Bonchev–Trinajstić information content (AvgIpc) is 3.00. The van der Waals surface area contributed by atoms with Crippen LogP contribution in [0.4, 0.5) is 35.9 Å². The fraction of sp³-hybridized carbons (Fsp3) is 0.389. The van der Waals surface area contributed by atoms with Gasteiger partial charge >= 0.3 is 12.4 Å². The molecular formula is C18H17ClF7N3S. The smallest absolute Gasteiger partial charge is 0.357 e. The molecule has 1 N–H and O–H groups in total. The molecule has 0 aliphatic heterocycles. The van der Waals surface area contributed by atoms with Crippen LogP contribution in [0, 0.1) is 5.82 Å². The van der Waals surface area contributed by atoms with Crippen molar-refractivity contribution in [3.63, 3.8) is 0 Å². The largest absolute Gasteiger partial charge is 0.434 e. The topological polar surface area (TPSA) is 28.2 Å². The van der Waals surface area contributed by atoms with E-state index in [2.05, 4.69) is 16.9 Å². The minimum atomic E-state index is -4.79. The zero-order valence-corrected chi connectivity index (χ0v) is 17.0. The minimum Gasteiger partial charge on any atom is -0.357 e. The first kappa shape index (κ1) is 24.4. The fourth-order valence-electron chi connectivity index (χ4n) is 2.52. The van der Waals surface area contributed by atoms with Crippen LogP contribution in [0.5, 0.6) is 0 Å². The highest BCUT2D eigenvalue weighted by Crippen LogP contribution is 2.37. The highest BCUT2D eigenvalue weighted by Gasteiger charge is 2.38. The lowest BCUT2D eigenvalue weighted by atomic mass is 10.2. The van der Waals surface area contributed by atoms with Crippen LogP contribution >= 0.6 is 22.9 Å². The summed E-state index contributed by atoms with van der Waals surface area (Å²) in [6, 6.07) is 5.15. The first-order valence-corrected chi connectivity index (χ1v) is 9.70. The molecule has 0 amide bonds. The van der Waals surface area contributed by atoms with Gasteiger partial charge in [0.1, 0.15) is 5.82 Å². The van der Waals surface area contributed by atoms with Crippen molar-refractivity contribution in [2.45, 2.75) is 31.9 Å². The Labute approximate surface area is 177 Å². The van der Waals surface area contributed by atoms with E-state index in [-0.39, 0.29) is 28.1 Å². The predicted octanol–water partition coefficient (Wildman–Crippen LogP) is 6.42. The minimum absolute atomic E-state index is 0.0209. The van der Waals surface area contributed by atoms with Crippen LogP contribution in [0.25, 0.3) is 0 Å². The fourth-order valence-corrected chi connectivity index (χ4v) is 3.61. The highest BCUT2D eigenvalue weighted by atomic mass is 35.5. The van der Waals surface area contributed by atoms with Gasteiger partial charge in [-0.2, -0.15) is 26.3 Å². The van der Waals surface area contributed by atoms with Gasteiger partial charge in [-0.05, 0) is 17.7 Å². The zero-order chi connectivity index (χ0) is 22.5. The molecule has 0 aliphatic rings. The van der Waals surface area contributed by atoms with E-state index in [0.717, 1.165) is 12.1 Å². The lowest BCUT2D eigenvalue weighted by Crippen LogP contribution is -2.28. The van der Waals surface area contributed by atoms with Crippen molar-refractivity contribution in [1.29, 1.82) is 0 Å². The summed E-state index contributed by atoms with van der Waals surface area (Å²) in [5.74, 6) is -0.593. The van der Waals surface area contributed by atoms with Crippen molar-refractivity contribution < 1.29 is 30.7 Å². The Morgan fingerprint density at radius 1 is 1.17 bits per heavy atom. The molecule has 166 valence electrons. The van der Waals surface area contributed by atoms with Crippen LogP contribution < -0.4 is 5.32 Å². The molecule has 30 heavy (non-hydrogen) atoms. The van der Waals surface area contributed by atoms with E-state index < -0.39 is 43.4 Å². The van der Waals surface area contributed by atoms with Crippen LogP contribution in [-0.2, 0) is 19.3 Å². The molecule has 2 rings (SSSR count). The summed E-state index contributed by atoms with van der Waals surface area (Å²) in [7, 11) is 0. The van der Waals surface area contributed by atoms with Gasteiger partial charge in [0.2, 0.25) is 0 Å². The van der Waals surface area contributed by atoms with Gasteiger partial charge in [-0.25, -0.2) is 9.37 Å². The maximum atomic E-state index is 13.4. The number of hydrogen-bond acceptors (Lipinski definition) is 4. The van der Waals surface area contributed by atoms with Crippen LogP contribution in [0.1, 0.15) is 22.6 Å². The summed E-state index contributed by atoms with van der Waals surface area (Å²) in [5.41, 5.74) is -0.849. The van der Waals surface area contributed by atoms with E-state index in [1.807, 2.05) is 0 Å². The van der Waals surface area contributed by atoms with Crippen LogP contribution in [0.3, 0.4) is 0 Å². The number of thiazole rings is 1. The number of benzene rings is 1. The summed E-state index contributed by atoms with van der Waals surface area (Å²) in [5, 5.41) is 2.66. The molecule has 0 radical (unpaired) electrons. The Kier molecular flexibility index (Phi) is 8.12. The number of anilines is 1. The van der Waals surface area contributed by atoms with Crippen molar-refractivity contribution >= 4 is 28.1 Å². The molecule has 1 aromatic carbocycles. The third-order valence-electron chi connectivity index (χ3n) is 3.77. The number of aromatic nitrogens is 1. The molecule has 0 bridgehead atoms. The first-order chi connectivity index (χ1) is 13.8. The van der Waals surface area contributed by atoms with E-state index in [1.165, 1.54) is 17.0 Å². The second-order valence-corrected chi connectivity index (χ2v) is 7.98. The Hall–Kier alpha value is -1.85. The number of rotatable bonds is 9. The van der Waals surface area contributed by atoms with Gasteiger partial charge in [0.15, 0.2) is 10.8 Å². The third kappa shape index (κ3) is 8.11. The molecule has 0 fully saturated rings. The summed E-state index contributed by atoms with van der Waals surface area (Å²) < 4.78 is 91.7. The van der Waals surface area contributed by atoms with E-state index in [9.17, 15) is 30.7 Å². The van der Waals surface area contributed by atoms with E-state index in [4.69, 9.17) is 11.6 Å². The summed E-state index contributed by atoms with van der Waals surface area (Å²) >= 11 is 6.25. The third-order valence-corrected chi connectivity index (χ3v) is 4.90. The molecule has 0 unspecified atom stereocenters. The SMILES string of the molecule is C=C(Cl)CNc1nc(C(F)(F)F)c(CN(CCC(F)(F)F)Cc2cccc(F)c2)s1. The molecule has 0 saturated carbocycles. The number of nitrogens with zero attached hydrogens (tertiary/aromatic N) is 2. The summed E-state index contributed by atoms with van der Waals surface area (Å²) in [6.45, 7) is 2.23. The van der Waals surface area contributed by atoms with Crippen molar-refractivity contribution in [3.05, 3.63) is 57.8 Å². The summed E-state index contributed by atoms with van der Waals surface area (Å²) in [6.07, 6.45) is -10.5. The van der Waals surface area contributed by atoms with E-state index in [0.29, 0.717) is 16.9 Å². The van der Waals surface area contributed by atoms with Crippen molar-refractivity contribution in [2.75, 3.05) is 18.4 Å². The quantitative estimate of drug-likeness (QED) is 0.424. The maximum Gasteiger partial charge on any atom is 0.434 e. The Morgan fingerprint density at radius 2 is 1.87 bits per heavy atom. The number of nitrogens with one attached hydrogen (secondary N) is 1. The van der Waals surface area contributed by atoms with Crippen LogP contribution in [0.15, 0.2) is 35.9 Å². The number of hydrogen-bond donors (Lipinski definition) is 1. The van der Waals surface area contributed by atoms with Gasteiger partial charge in [-0.3, -0.25) is 4.90 Å². The lowest BCUT2D eigenvalue weighted by molar-refractivity contribution is -0.143. The second kappa shape index (κ2) is 9.97. The zero-order valence-electron chi connectivity index (χ0n) is 15.4. The Balaban J connectivity index is 2.28. The van der Waals surface area contributed by atoms with Gasteiger partial charge in [0, 0.05) is 24.7 Å². The lowest BCUT2D eigenvalue weighted by Gasteiger charge is -2.23. The monoisotopic (exact) mass is 475 g/mol. The van der Waals surface area contributed by atoms with Gasteiger partial charge in [0.05, 0.1) is 17.8 Å². The number of halogens is 8. The maximum absolute atomic E-state index is 13.4. The molecule has 12 heteroatoms. The molecule has 0 aliphatic carbocycles. The van der Waals surface area contributed by atoms with Crippen molar-refractivity contribution in [2.24, 2.45) is 0 Å². The molecule has 0 atom stereocenters. The van der Waals surface area contributed by atoms with Gasteiger partial charge in [0.25, 0.3) is 0 Å². The highest BCUT2D eigenvalue weighted by molar-refractivity contribution is 7.15. The van der Waals surface area contributed by atoms with Crippen LogP contribution in [-0.4, -0.2) is 29.1 Å². The summed E-state index contributed by atoms with van der Waals surface area (Å²) in [4.78, 5) is 4.43. The van der Waals surface area contributed by atoms with Crippen molar-refractivity contribution in [1.82, 2.24) is 9.88 Å².